The Labute approximate surface area is 165 Å². The predicted octanol–water partition coefficient (Wildman–Crippen LogP) is 4.41. The number of nitrogens with zero attached hydrogens (tertiary/aromatic N) is 1. The van der Waals surface area contributed by atoms with Crippen LogP contribution >= 0.6 is 0 Å². The molecule has 2 heterocycles. The zero-order chi connectivity index (χ0) is 19.7. The van der Waals surface area contributed by atoms with Gasteiger partial charge in [-0.2, -0.15) is 0 Å². The smallest absolute Gasteiger partial charge is 0.251 e. The molecule has 1 N–H and O–H groups in total. The highest BCUT2D eigenvalue weighted by atomic mass is 16.5. The number of nitrogens with one attached hydrogen (secondary N) is 1. The minimum absolute atomic E-state index is 0.0541. The highest BCUT2D eigenvalue weighted by Gasteiger charge is 2.27. The SMILES string of the molecule is Cc1ccc(C)c(C(=O)NC[C@@H]2Cc3cccc(-c4ncccc4C)c3O2)c1. The number of benzene rings is 2. The maximum absolute atomic E-state index is 12.6. The van der Waals surface area contributed by atoms with Gasteiger partial charge in [-0.05, 0) is 55.7 Å². The molecule has 4 rings (SSSR count). The van der Waals surface area contributed by atoms with Gasteiger partial charge in [0, 0.05) is 23.7 Å². The number of pyridine rings is 1. The van der Waals surface area contributed by atoms with Gasteiger partial charge in [-0.15, -0.1) is 0 Å². The van der Waals surface area contributed by atoms with Crippen molar-refractivity contribution < 1.29 is 9.53 Å². The Morgan fingerprint density at radius 3 is 2.79 bits per heavy atom. The van der Waals surface area contributed by atoms with Crippen molar-refractivity contribution in [2.75, 3.05) is 6.54 Å². The lowest BCUT2D eigenvalue weighted by Crippen LogP contribution is -2.34. The molecule has 28 heavy (non-hydrogen) atoms. The van der Waals surface area contributed by atoms with Crippen molar-refractivity contribution in [2.45, 2.75) is 33.3 Å². The summed E-state index contributed by atoms with van der Waals surface area (Å²) in [4.78, 5) is 17.1. The van der Waals surface area contributed by atoms with E-state index in [1.807, 2.05) is 50.2 Å². The zero-order valence-electron chi connectivity index (χ0n) is 16.5. The van der Waals surface area contributed by atoms with Crippen LogP contribution < -0.4 is 10.1 Å². The van der Waals surface area contributed by atoms with Gasteiger partial charge in [0.2, 0.25) is 0 Å². The number of para-hydroxylation sites is 1. The van der Waals surface area contributed by atoms with Gasteiger partial charge in [-0.3, -0.25) is 9.78 Å². The van der Waals surface area contributed by atoms with E-state index in [1.165, 1.54) is 0 Å². The molecule has 2 aromatic carbocycles. The molecular formula is C24H24N2O2. The van der Waals surface area contributed by atoms with E-state index >= 15 is 0 Å². The number of hydrogen-bond acceptors (Lipinski definition) is 3. The van der Waals surface area contributed by atoms with Crippen molar-refractivity contribution in [1.82, 2.24) is 10.3 Å². The van der Waals surface area contributed by atoms with Crippen LogP contribution in [0.15, 0.2) is 54.7 Å². The van der Waals surface area contributed by atoms with Gasteiger partial charge in [0.15, 0.2) is 0 Å². The molecule has 0 saturated carbocycles. The first kappa shape index (κ1) is 18.2. The third kappa shape index (κ3) is 3.50. The zero-order valence-corrected chi connectivity index (χ0v) is 16.5. The van der Waals surface area contributed by atoms with Crippen molar-refractivity contribution in [3.63, 3.8) is 0 Å². The normalized spacial score (nSPS) is 15.0. The topological polar surface area (TPSA) is 51.2 Å². The molecule has 1 aliphatic rings. The van der Waals surface area contributed by atoms with E-state index in [2.05, 4.69) is 29.4 Å². The molecule has 0 radical (unpaired) electrons. The molecule has 142 valence electrons. The number of rotatable bonds is 4. The van der Waals surface area contributed by atoms with Crippen molar-refractivity contribution in [3.05, 3.63) is 82.5 Å². The number of aromatic nitrogens is 1. The van der Waals surface area contributed by atoms with E-state index in [1.54, 1.807) is 6.20 Å². The summed E-state index contributed by atoms with van der Waals surface area (Å²) in [6, 6.07) is 16.1. The van der Waals surface area contributed by atoms with Crippen molar-refractivity contribution in [1.29, 1.82) is 0 Å². The molecule has 4 heteroatoms. The molecule has 1 amide bonds. The number of fused-ring (bicyclic) bond motifs is 1. The molecule has 0 saturated heterocycles. The molecule has 1 aliphatic heterocycles. The van der Waals surface area contributed by atoms with Gasteiger partial charge in [0.25, 0.3) is 5.91 Å². The number of hydrogen-bond donors (Lipinski definition) is 1. The largest absolute Gasteiger partial charge is 0.487 e. The van der Waals surface area contributed by atoms with Crippen molar-refractivity contribution >= 4 is 5.91 Å². The average molecular weight is 372 g/mol. The van der Waals surface area contributed by atoms with E-state index in [4.69, 9.17) is 4.74 Å². The second-order valence-electron chi connectivity index (χ2n) is 7.44. The van der Waals surface area contributed by atoms with Gasteiger partial charge in [0.1, 0.15) is 11.9 Å². The van der Waals surface area contributed by atoms with Crippen LogP contribution in [0.3, 0.4) is 0 Å². The second kappa shape index (κ2) is 7.47. The molecule has 1 atom stereocenters. The Morgan fingerprint density at radius 2 is 1.96 bits per heavy atom. The molecule has 0 spiro atoms. The van der Waals surface area contributed by atoms with E-state index in [0.717, 1.165) is 51.2 Å². The number of carbonyl (C=O) groups is 1. The fourth-order valence-corrected chi connectivity index (χ4v) is 3.69. The number of amides is 1. The molecule has 3 aromatic rings. The first-order chi connectivity index (χ1) is 13.5. The van der Waals surface area contributed by atoms with Crippen LogP contribution in [-0.2, 0) is 6.42 Å². The first-order valence-electron chi connectivity index (χ1n) is 9.59. The van der Waals surface area contributed by atoms with E-state index in [0.29, 0.717) is 6.54 Å². The summed E-state index contributed by atoms with van der Waals surface area (Å²) in [5.41, 5.74) is 7.01. The highest BCUT2D eigenvalue weighted by molar-refractivity contribution is 5.95. The van der Waals surface area contributed by atoms with Crippen molar-refractivity contribution in [2.24, 2.45) is 0 Å². The van der Waals surface area contributed by atoms with Crippen LogP contribution in [0.4, 0.5) is 0 Å². The number of aryl methyl sites for hydroxylation is 3. The van der Waals surface area contributed by atoms with Crippen molar-refractivity contribution in [3.8, 4) is 17.0 Å². The summed E-state index contributed by atoms with van der Waals surface area (Å²) in [5.74, 6) is 0.830. The fraction of sp³-hybridized carbons (Fsp3) is 0.250. The van der Waals surface area contributed by atoms with Gasteiger partial charge >= 0.3 is 0 Å². The average Bonchev–Trinajstić information content (AvgIpc) is 3.11. The monoisotopic (exact) mass is 372 g/mol. The Morgan fingerprint density at radius 1 is 1.11 bits per heavy atom. The van der Waals surface area contributed by atoms with Gasteiger partial charge < -0.3 is 10.1 Å². The second-order valence-corrected chi connectivity index (χ2v) is 7.44. The third-order valence-electron chi connectivity index (χ3n) is 5.22. The van der Waals surface area contributed by atoms with Gasteiger partial charge in [-0.1, -0.05) is 35.9 Å². The van der Waals surface area contributed by atoms with Gasteiger partial charge in [0.05, 0.1) is 12.2 Å². The summed E-state index contributed by atoms with van der Waals surface area (Å²) in [6.45, 7) is 6.48. The Balaban J connectivity index is 1.49. The molecule has 0 bridgehead atoms. The molecular weight excluding hydrogens is 348 g/mol. The maximum Gasteiger partial charge on any atom is 0.251 e. The Hall–Kier alpha value is -3.14. The molecule has 0 unspecified atom stereocenters. The summed E-state index contributed by atoms with van der Waals surface area (Å²) < 4.78 is 6.23. The number of carbonyl (C=O) groups excluding carboxylic acids is 1. The standard InChI is InChI=1S/C24H24N2O2/c1-15-9-10-16(2)21(12-15)24(27)26-14-19-13-18-7-4-8-20(23(18)28-19)22-17(3)6-5-11-25-22/h4-12,19H,13-14H2,1-3H3,(H,26,27)/t19-/m0/s1. The molecule has 4 nitrogen and oxygen atoms in total. The van der Waals surface area contributed by atoms with Crippen LogP contribution in [0.25, 0.3) is 11.3 Å². The van der Waals surface area contributed by atoms with Gasteiger partial charge in [-0.25, -0.2) is 0 Å². The quantitative estimate of drug-likeness (QED) is 0.738. The minimum Gasteiger partial charge on any atom is -0.487 e. The first-order valence-corrected chi connectivity index (χ1v) is 9.59. The van der Waals surface area contributed by atoms with E-state index in [9.17, 15) is 4.79 Å². The maximum atomic E-state index is 12.6. The molecule has 0 fully saturated rings. The molecule has 1 aromatic heterocycles. The third-order valence-corrected chi connectivity index (χ3v) is 5.22. The molecule has 0 aliphatic carbocycles. The Bertz CT molecular complexity index is 1040. The lowest BCUT2D eigenvalue weighted by molar-refractivity contribution is 0.0933. The summed E-state index contributed by atoms with van der Waals surface area (Å²) in [7, 11) is 0. The van der Waals surface area contributed by atoms with Crippen LogP contribution in [0.2, 0.25) is 0 Å². The van der Waals surface area contributed by atoms with Crippen LogP contribution in [0, 0.1) is 20.8 Å². The number of ether oxygens (including phenoxy) is 1. The van der Waals surface area contributed by atoms with E-state index < -0.39 is 0 Å². The summed E-state index contributed by atoms with van der Waals surface area (Å²) in [5, 5.41) is 3.03. The summed E-state index contributed by atoms with van der Waals surface area (Å²) in [6.07, 6.45) is 2.51. The fourth-order valence-electron chi connectivity index (χ4n) is 3.69. The summed E-state index contributed by atoms with van der Waals surface area (Å²) >= 11 is 0. The highest BCUT2D eigenvalue weighted by Crippen LogP contribution is 2.38. The lowest BCUT2D eigenvalue weighted by atomic mass is 10.0. The van der Waals surface area contributed by atoms with E-state index in [-0.39, 0.29) is 12.0 Å². The van der Waals surface area contributed by atoms with Crippen LogP contribution in [-0.4, -0.2) is 23.5 Å². The minimum atomic E-state index is -0.0748. The lowest BCUT2D eigenvalue weighted by Gasteiger charge is -2.15. The van der Waals surface area contributed by atoms with Crippen LogP contribution in [0.1, 0.15) is 32.6 Å². The Kier molecular flexibility index (Phi) is 4.86. The predicted molar refractivity (Wildman–Crippen MR) is 111 cm³/mol. The van der Waals surface area contributed by atoms with Crippen LogP contribution in [0.5, 0.6) is 5.75 Å².